The quantitative estimate of drug-likeness (QED) is 0.395. The molecule has 29 heavy (non-hydrogen) atoms. The number of hydrogen-bond donors (Lipinski definition) is 2. The standard InChI is InChI=1S/C22H35FN4O2/c1-24-22(25-11-2-14-29-21-9-15-28-16-10-21)26-20-7-12-27(13-8-20)17-18-3-5-19(23)6-4-18/h3-6,20-21H,2,7-17H2,1H3,(H2,24,25,26). The summed E-state index contributed by atoms with van der Waals surface area (Å²) < 4.78 is 24.3. The Hall–Kier alpha value is -1.70. The Morgan fingerprint density at radius 3 is 2.59 bits per heavy atom. The van der Waals surface area contributed by atoms with E-state index in [9.17, 15) is 4.39 Å². The second kappa shape index (κ2) is 12.1. The smallest absolute Gasteiger partial charge is 0.191 e. The van der Waals surface area contributed by atoms with Crippen LogP contribution < -0.4 is 10.6 Å². The molecule has 2 heterocycles. The average Bonchev–Trinajstić information content (AvgIpc) is 2.76. The number of guanidine groups is 1. The van der Waals surface area contributed by atoms with Gasteiger partial charge in [0, 0.05) is 59.1 Å². The Kier molecular flexibility index (Phi) is 9.18. The summed E-state index contributed by atoms with van der Waals surface area (Å²) in [4.78, 5) is 6.78. The summed E-state index contributed by atoms with van der Waals surface area (Å²) in [5.74, 6) is 0.693. The first-order valence-electron chi connectivity index (χ1n) is 10.9. The van der Waals surface area contributed by atoms with Gasteiger partial charge >= 0.3 is 0 Å². The molecule has 0 bridgehead atoms. The van der Waals surface area contributed by atoms with Crippen molar-refractivity contribution >= 4 is 5.96 Å². The van der Waals surface area contributed by atoms with Gasteiger partial charge in [0.05, 0.1) is 6.10 Å². The Morgan fingerprint density at radius 1 is 1.17 bits per heavy atom. The monoisotopic (exact) mass is 406 g/mol. The Balaban J connectivity index is 1.27. The summed E-state index contributed by atoms with van der Waals surface area (Å²) >= 11 is 0. The van der Waals surface area contributed by atoms with Crippen molar-refractivity contribution in [2.45, 2.75) is 50.8 Å². The van der Waals surface area contributed by atoms with E-state index in [2.05, 4.69) is 20.5 Å². The number of piperidine rings is 1. The fourth-order valence-corrected chi connectivity index (χ4v) is 3.84. The summed E-state index contributed by atoms with van der Waals surface area (Å²) in [6, 6.07) is 7.25. The molecule has 0 spiro atoms. The van der Waals surface area contributed by atoms with E-state index in [0.717, 1.165) is 84.1 Å². The van der Waals surface area contributed by atoms with Crippen LogP contribution in [0.25, 0.3) is 0 Å². The van der Waals surface area contributed by atoms with Gasteiger partial charge in [0.2, 0.25) is 0 Å². The van der Waals surface area contributed by atoms with E-state index < -0.39 is 0 Å². The summed E-state index contributed by atoms with van der Waals surface area (Å²) in [7, 11) is 1.82. The van der Waals surface area contributed by atoms with Crippen LogP contribution in [0.4, 0.5) is 4.39 Å². The lowest BCUT2D eigenvalue weighted by atomic mass is 10.0. The van der Waals surface area contributed by atoms with Gasteiger partial charge in [0.25, 0.3) is 0 Å². The number of benzene rings is 1. The molecule has 0 atom stereocenters. The van der Waals surface area contributed by atoms with Crippen molar-refractivity contribution < 1.29 is 13.9 Å². The molecule has 0 unspecified atom stereocenters. The topological polar surface area (TPSA) is 58.1 Å². The zero-order valence-electron chi connectivity index (χ0n) is 17.5. The summed E-state index contributed by atoms with van der Waals surface area (Å²) in [6.45, 7) is 6.22. The molecular weight excluding hydrogens is 371 g/mol. The molecule has 2 fully saturated rings. The highest BCUT2D eigenvalue weighted by atomic mass is 19.1. The molecule has 3 rings (SSSR count). The molecule has 2 N–H and O–H groups in total. The molecule has 0 aromatic heterocycles. The van der Waals surface area contributed by atoms with Crippen molar-refractivity contribution in [1.82, 2.24) is 15.5 Å². The molecule has 0 aliphatic carbocycles. The third-order valence-electron chi connectivity index (χ3n) is 5.61. The van der Waals surface area contributed by atoms with Crippen LogP contribution >= 0.6 is 0 Å². The first kappa shape index (κ1) is 22.0. The Morgan fingerprint density at radius 2 is 1.90 bits per heavy atom. The maximum absolute atomic E-state index is 13.0. The number of halogens is 1. The SMILES string of the molecule is CN=C(NCCCOC1CCOCC1)NC1CCN(Cc2ccc(F)cc2)CC1. The molecule has 1 aromatic carbocycles. The van der Waals surface area contributed by atoms with E-state index in [0.29, 0.717) is 12.1 Å². The van der Waals surface area contributed by atoms with E-state index in [1.807, 2.05) is 19.2 Å². The lowest BCUT2D eigenvalue weighted by Gasteiger charge is -2.33. The van der Waals surface area contributed by atoms with E-state index in [4.69, 9.17) is 9.47 Å². The van der Waals surface area contributed by atoms with Crippen LogP contribution in [0.3, 0.4) is 0 Å². The van der Waals surface area contributed by atoms with Crippen LogP contribution in [-0.2, 0) is 16.0 Å². The highest BCUT2D eigenvalue weighted by molar-refractivity contribution is 5.79. The van der Waals surface area contributed by atoms with Gasteiger partial charge in [-0.3, -0.25) is 9.89 Å². The molecular formula is C22H35FN4O2. The molecule has 0 radical (unpaired) electrons. The van der Waals surface area contributed by atoms with Crippen LogP contribution in [0.5, 0.6) is 0 Å². The van der Waals surface area contributed by atoms with Gasteiger partial charge in [-0.1, -0.05) is 12.1 Å². The largest absolute Gasteiger partial charge is 0.381 e. The third-order valence-corrected chi connectivity index (χ3v) is 5.61. The Labute approximate surface area is 173 Å². The molecule has 6 nitrogen and oxygen atoms in total. The first-order chi connectivity index (χ1) is 14.2. The summed E-state index contributed by atoms with van der Waals surface area (Å²) in [5.41, 5.74) is 1.17. The Bertz CT molecular complexity index is 612. The van der Waals surface area contributed by atoms with Gasteiger partial charge in [0.15, 0.2) is 5.96 Å². The molecule has 0 saturated carbocycles. The van der Waals surface area contributed by atoms with Crippen molar-refractivity contribution in [2.75, 3.05) is 46.5 Å². The first-order valence-corrected chi connectivity index (χ1v) is 10.9. The second-order valence-corrected chi connectivity index (χ2v) is 7.86. The molecule has 7 heteroatoms. The van der Waals surface area contributed by atoms with E-state index >= 15 is 0 Å². The number of nitrogens with one attached hydrogen (secondary N) is 2. The normalized spacial score (nSPS) is 20.0. The number of aliphatic imine (C=N–C) groups is 1. The maximum Gasteiger partial charge on any atom is 0.191 e. The van der Waals surface area contributed by atoms with Crippen molar-refractivity contribution in [2.24, 2.45) is 4.99 Å². The summed E-state index contributed by atoms with van der Waals surface area (Å²) in [6.07, 6.45) is 5.51. The number of rotatable bonds is 8. The zero-order valence-corrected chi connectivity index (χ0v) is 17.5. The van der Waals surface area contributed by atoms with Crippen LogP contribution in [0.15, 0.2) is 29.3 Å². The fourth-order valence-electron chi connectivity index (χ4n) is 3.84. The van der Waals surface area contributed by atoms with Crippen molar-refractivity contribution in [3.8, 4) is 0 Å². The van der Waals surface area contributed by atoms with Crippen molar-refractivity contribution in [3.63, 3.8) is 0 Å². The molecule has 2 aliphatic heterocycles. The highest BCUT2D eigenvalue weighted by Crippen LogP contribution is 2.14. The lowest BCUT2D eigenvalue weighted by molar-refractivity contribution is -0.0320. The molecule has 2 saturated heterocycles. The minimum atomic E-state index is -0.175. The number of hydrogen-bond acceptors (Lipinski definition) is 4. The van der Waals surface area contributed by atoms with Gasteiger partial charge in [0.1, 0.15) is 5.82 Å². The van der Waals surface area contributed by atoms with Gasteiger partial charge in [-0.15, -0.1) is 0 Å². The predicted octanol–water partition coefficient (Wildman–Crippen LogP) is 2.54. The lowest BCUT2D eigenvalue weighted by Crippen LogP contribution is -2.48. The van der Waals surface area contributed by atoms with E-state index in [1.54, 1.807) is 0 Å². The predicted molar refractivity (Wildman–Crippen MR) is 114 cm³/mol. The molecule has 0 amide bonds. The fraction of sp³-hybridized carbons (Fsp3) is 0.682. The van der Waals surface area contributed by atoms with Crippen LogP contribution in [-0.4, -0.2) is 69.5 Å². The molecule has 1 aromatic rings. The summed E-state index contributed by atoms with van der Waals surface area (Å²) in [5, 5.41) is 6.94. The number of likely N-dealkylation sites (tertiary alicyclic amines) is 1. The molecule has 162 valence electrons. The number of ether oxygens (including phenoxy) is 2. The van der Waals surface area contributed by atoms with Crippen LogP contribution in [0, 0.1) is 5.82 Å². The van der Waals surface area contributed by atoms with Crippen molar-refractivity contribution in [1.29, 1.82) is 0 Å². The number of nitrogens with zero attached hydrogens (tertiary/aromatic N) is 2. The second-order valence-electron chi connectivity index (χ2n) is 7.86. The van der Waals surface area contributed by atoms with E-state index in [1.165, 1.54) is 17.7 Å². The minimum Gasteiger partial charge on any atom is -0.381 e. The van der Waals surface area contributed by atoms with Gasteiger partial charge in [-0.2, -0.15) is 0 Å². The minimum absolute atomic E-state index is 0.175. The molecule has 2 aliphatic rings. The third kappa shape index (κ3) is 7.91. The van der Waals surface area contributed by atoms with Gasteiger partial charge < -0.3 is 20.1 Å². The van der Waals surface area contributed by atoms with Crippen molar-refractivity contribution in [3.05, 3.63) is 35.6 Å². The van der Waals surface area contributed by atoms with Crippen LogP contribution in [0.2, 0.25) is 0 Å². The van der Waals surface area contributed by atoms with Gasteiger partial charge in [-0.25, -0.2) is 4.39 Å². The maximum atomic E-state index is 13.0. The van der Waals surface area contributed by atoms with Crippen LogP contribution in [0.1, 0.15) is 37.7 Å². The average molecular weight is 407 g/mol. The highest BCUT2D eigenvalue weighted by Gasteiger charge is 2.20. The zero-order chi connectivity index (χ0) is 20.3. The van der Waals surface area contributed by atoms with Gasteiger partial charge in [-0.05, 0) is 49.8 Å². The van der Waals surface area contributed by atoms with E-state index in [-0.39, 0.29) is 5.82 Å².